The number of hydrogen-bond donors (Lipinski definition) is 1. The van der Waals surface area contributed by atoms with E-state index in [1.807, 2.05) is 16.8 Å². The van der Waals surface area contributed by atoms with E-state index in [1.54, 1.807) is 12.1 Å². The van der Waals surface area contributed by atoms with Crippen molar-refractivity contribution in [3.63, 3.8) is 0 Å². The number of hydrogen-bond acceptors (Lipinski definition) is 5. The molecule has 2 heterocycles. The number of carbonyl (C=O) groups is 1. The first-order valence-corrected chi connectivity index (χ1v) is 11.0. The van der Waals surface area contributed by atoms with Crippen LogP contribution in [0.5, 0.6) is 0 Å². The zero-order valence-corrected chi connectivity index (χ0v) is 17.4. The number of aromatic nitrogens is 3. The molecule has 0 radical (unpaired) electrons. The number of carbonyl (C=O) groups excluding carboxylic acids is 1. The number of nitrogens with zero attached hydrogens (tertiary/aromatic N) is 3. The van der Waals surface area contributed by atoms with Crippen molar-refractivity contribution in [3.05, 3.63) is 82.3 Å². The van der Waals surface area contributed by atoms with Crippen LogP contribution in [-0.2, 0) is 10.5 Å². The maximum absolute atomic E-state index is 13.1. The van der Waals surface area contributed by atoms with Gasteiger partial charge in [-0.1, -0.05) is 48.2 Å². The molecule has 1 aromatic heterocycles. The van der Waals surface area contributed by atoms with Gasteiger partial charge in [0.25, 0.3) is 0 Å². The molecule has 2 aliphatic rings. The van der Waals surface area contributed by atoms with E-state index < -0.39 is 0 Å². The Bertz CT molecular complexity index is 1150. The summed E-state index contributed by atoms with van der Waals surface area (Å²) >= 11 is 1.50. The van der Waals surface area contributed by atoms with Crippen LogP contribution < -0.4 is 5.32 Å². The van der Waals surface area contributed by atoms with Gasteiger partial charge in [0.1, 0.15) is 11.9 Å². The van der Waals surface area contributed by atoms with Crippen LogP contribution >= 0.6 is 11.8 Å². The molecular formula is C23H21FN4OS. The minimum absolute atomic E-state index is 0.179. The van der Waals surface area contributed by atoms with Gasteiger partial charge in [0.2, 0.25) is 11.1 Å². The van der Waals surface area contributed by atoms with Crippen molar-refractivity contribution in [1.29, 1.82) is 0 Å². The van der Waals surface area contributed by atoms with Crippen LogP contribution in [0.2, 0.25) is 0 Å². The van der Waals surface area contributed by atoms with Crippen molar-refractivity contribution in [2.75, 3.05) is 5.32 Å². The predicted octanol–water partition coefficient (Wildman–Crippen LogP) is 5.04. The summed E-state index contributed by atoms with van der Waals surface area (Å²) in [7, 11) is 0. The molecule has 1 N–H and O–H groups in total. The molecule has 1 aliphatic heterocycles. The van der Waals surface area contributed by atoms with Gasteiger partial charge in [-0.3, -0.25) is 4.79 Å². The molecule has 0 bridgehead atoms. The van der Waals surface area contributed by atoms with E-state index in [1.165, 1.54) is 23.9 Å². The van der Waals surface area contributed by atoms with Gasteiger partial charge in [0, 0.05) is 23.4 Å². The number of fused-ring (bicyclic) bond motifs is 1. The van der Waals surface area contributed by atoms with E-state index >= 15 is 0 Å². The lowest BCUT2D eigenvalue weighted by Crippen LogP contribution is -2.31. The molecule has 0 fully saturated rings. The molecule has 7 heteroatoms. The Kier molecular flexibility index (Phi) is 4.90. The summed E-state index contributed by atoms with van der Waals surface area (Å²) in [5.41, 5.74) is 4.97. The molecule has 0 saturated heterocycles. The quantitative estimate of drug-likeness (QED) is 0.599. The number of halogens is 1. The van der Waals surface area contributed by atoms with Gasteiger partial charge >= 0.3 is 0 Å². The Morgan fingerprint density at radius 3 is 2.77 bits per heavy atom. The van der Waals surface area contributed by atoms with E-state index in [0.29, 0.717) is 23.3 Å². The standard InChI is InChI=1S/C23H21FN4OS/c1-14-5-2-3-6-17(14)21-20-18(7-4-8-19(20)29)25-22-26-23(27-28(21)22)30-13-15-9-11-16(24)12-10-15/h2-3,5-6,9-12,21H,4,7-8,13H2,1H3,(H,25,26,27)/t21-/m1/s1. The van der Waals surface area contributed by atoms with Crippen LogP contribution in [0.1, 0.15) is 42.0 Å². The Morgan fingerprint density at radius 1 is 1.17 bits per heavy atom. The first kappa shape index (κ1) is 19.1. The van der Waals surface area contributed by atoms with Gasteiger partial charge in [0.05, 0.1) is 0 Å². The first-order chi connectivity index (χ1) is 14.6. The number of allylic oxidation sites excluding steroid dienone is 2. The van der Waals surface area contributed by atoms with Crippen LogP contribution in [0.3, 0.4) is 0 Å². The average molecular weight is 421 g/mol. The number of nitrogens with one attached hydrogen (secondary N) is 1. The normalized spacial score (nSPS) is 18.1. The van der Waals surface area contributed by atoms with E-state index in [4.69, 9.17) is 5.10 Å². The van der Waals surface area contributed by atoms with Crippen LogP contribution in [0.4, 0.5) is 10.3 Å². The second-order valence-electron chi connectivity index (χ2n) is 7.63. The van der Waals surface area contributed by atoms with Crippen LogP contribution in [0.15, 0.2) is 65.0 Å². The van der Waals surface area contributed by atoms with E-state index in [-0.39, 0.29) is 17.6 Å². The Labute approximate surface area is 178 Å². The second kappa shape index (κ2) is 7.72. The summed E-state index contributed by atoms with van der Waals surface area (Å²) in [6.45, 7) is 2.06. The summed E-state index contributed by atoms with van der Waals surface area (Å²) in [4.78, 5) is 17.6. The number of aryl methyl sites for hydroxylation is 1. The molecule has 2 aromatic carbocycles. The van der Waals surface area contributed by atoms with Crippen LogP contribution in [0, 0.1) is 12.7 Å². The molecule has 152 valence electrons. The lowest BCUT2D eigenvalue weighted by Gasteiger charge is -2.32. The fourth-order valence-corrected chi connectivity index (χ4v) is 4.89. The summed E-state index contributed by atoms with van der Waals surface area (Å²) < 4.78 is 15.0. The molecule has 0 amide bonds. The number of rotatable bonds is 4. The second-order valence-corrected chi connectivity index (χ2v) is 8.57. The average Bonchev–Trinajstić information content (AvgIpc) is 3.15. The minimum Gasteiger partial charge on any atom is -0.328 e. The van der Waals surface area contributed by atoms with Gasteiger partial charge in [-0.15, -0.1) is 5.10 Å². The molecule has 0 saturated carbocycles. The number of anilines is 1. The van der Waals surface area contributed by atoms with E-state index in [9.17, 15) is 9.18 Å². The van der Waals surface area contributed by atoms with Crippen molar-refractivity contribution in [2.24, 2.45) is 0 Å². The molecule has 30 heavy (non-hydrogen) atoms. The fraction of sp³-hybridized carbons (Fsp3) is 0.261. The van der Waals surface area contributed by atoms with Crippen molar-refractivity contribution in [3.8, 4) is 0 Å². The summed E-state index contributed by atoms with van der Waals surface area (Å²) in [6.07, 6.45) is 2.26. The van der Waals surface area contributed by atoms with Gasteiger partial charge in [-0.05, 0) is 48.6 Å². The van der Waals surface area contributed by atoms with Crippen molar-refractivity contribution < 1.29 is 9.18 Å². The number of ketones is 1. The molecule has 5 rings (SSSR count). The number of Topliss-reactive ketones (excluding diaryl/α,β-unsaturated/α-hetero) is 1. The molecule has 0 spiro atoms. The third-order valence-corrected chi connectivity index (χ3v) is 6.52. The smallest absolute Gasteiger partial charge is 0.227 e. The lowest BCUT2D eigenvalue weighted by atomic mass is 9.84. The molecule has 3 aromatic rings. The minimum atomic E-state index is -0.266. The van der Waals surface area contributed by atoms with Gasteiger partial charge in [-0.2, -0.15) is 4.98 Å². The molecule has 5 nitrogen and oxygen atoms in total. The summed E-state index contributed by atoms with van der Waals surface area (Å²) in [5, 5.41) is 8.75. The molecule has 1 atom stereocenters. The summed E-state index contributed by atoms with van der Waals surface area (Å²) in [5.74, 6) is 1.24. The SMILES string of the molecule is Cc1ccccc1[C@@H]1C2=C(CCCC2=O)Nc2nc(SCc3ccc(F)cc3)nn21. The number of benzene rings is 2. The Morgan fingerprint density at radius 2 is 1.97 bits per heavy atom. The molecule has 0 unspecified atom stereocenters. The van der Waals surface area contributed by atoms with Crippen molar-refractivity contribution in [2.45, 2.75) is 43.1 Å². The van der Waals surface area contributed by atoms with Crippen LogP contribution in [0.25, 0.3) is 0 Å². The van der Waals surface area contributed by atoms with E-state index in [2.05, 4.69) is 29.4 Å². The zero-order valence-electron chi connectivity index (χ0n) is 16.6. The number of thioether (sulfide) groups is 1. The van der Waals surface area contributed by atoms with E-state index in [0.717, 1.165) is 40.8 Å². The third kappa shape index (κ3) is 3.43. The Hall–Kier alpha value is -2.93. The summed E-state index contributed by atoms with van der Waals surface area (Å²) in [6, 6.07) is 14.3. The fourth-order valence-electron chi connectivity index (χ4n) is 4.11. The molecular weight excluding hydrogens is 399 g/mol. The third-order valence-electron chi connectivity index (χ3n) is 5.61. The monoisotopic (exact) mass is 420 g/mol. The maximum atomic E-state index is 13.1. The zero-order chi connectivity index (χ0) is 20.7. The van der Waals surface area contributed by atoms with Crippen molar-refractivity contribution in [1.82, 2.24) is 14.8 Å². The van der Waals surface area contributed by atoms with Crippen LogP contribution in [-0.4, -0.2) is 20.5 Å². The van der Waals surface area contributed by atoms with Crippen molar-refractivity contribution >= 4 is 23.5 Å². The highest BCUT2D eigenvalue weighted by Crippen LogP contribution is 2.41. The maximum Gasteiger partial charge on any atom is 0.227 e. The highest BCUT2D eigenvalue weighted by molar-refractivity contribution is 7.98. The van der Waals surface area contributed by atoms with Gasteiger partial charge in [0.15, 0.2) is 5.78 Å². The van der Waals surface area contributed by atoms with Gasteiger partial charge < -0.3 is 5.32 Å². The highest BCUT2D eigenvalue weighted by Gasteiger charge is 2.37. The predicted molar refractivity (Wildman–Crippen MR) is 115 cm³/mol. The Balaban J connectivity index is 1.51. The van der Waals surface area contributed by atoms with Gasteiger partial charge in [-0.25, -0.2) is 9.07 Å². The highest BCUT2D eigenvalue weighted by atomic mass is 32.2. The largest absolute Gasteiger partial charge is 0.328 e. The first-order valence-electron chi connectivity index (χ1n) is 10.0. The lowest BCUT2D eigenvalue weighted by molar-refractivity contribution is -0.116. The molecule has 1 aliphatic carbocycles. The topological polar surface area (TPSA) is 59.8 Å².